The van der Waals surface area contributed by atoms with E-state index in [2.05, 4.69) is 10.6 Å². The summed E-state index contributed by atoms with van der Waals surface area (Å²) >= 11 is 0. The summed E-state index contributed by atoms with van der Waals surface area (Å²) in [4.78, 5) is 43.4. The number of hydrogen-bond acceptors (Lipinski definition) is 5. The lowest BCUT2D eigenvalue weighted by atomic mass is 9.83. The fraction of sp³-hybridized carbons (Fsp3) is 0.607. The minimum atomic E-state index is -0.988. The third-order valence-corrected chi connectivity index (χ3v) is 7.98. The highest BCUT2D eigenvalue weighted by molar-refractivity contribution is 6.02. The van der Waals surface area contributed by atoms with Crippen LogP contribution in [-0.2, 0) is 20.8 Å². The van der Waals surface area contributed by atoms with Crippen LogP contribution < -0.4 is 22.1 Å². The molecule has 1 saturated carbocycles. The van der Waals surface area contributed by atoms with Gasteiger partial charge in [-0.2, -0.15) is 0 Å². The van der Waals surface area contributed by atoms with Crippen LogP contribution in [0.2, 0.25) is 0 Å². The van der Waals surface area contributed by atoms with Gasteiger partial charge in [0.05, 0.1) is 0 Å². The SMILES string of the molecule is CN(C)C(=O)[C@H](Cc1ccc(C(=N)N)cc1)C(=O)N[C@H](C(=O)NCC1CCN(C(=N)N)CC1)C1CCCCC1. The van der Waals surface area contributed by atoms with Gasteiger partial charge in [-0.3, -0.25) is 25.2 Å². The van der Waals surface area contributed by atoms with Gasteiger partial charge in [0.2, 0.25) is 17.7 Å². The summed E-state index contributed by atoms with van der Waals surface area (Å²) in [6.45, 7) is 1.90. The van der Waals surface area contributed by atoms with Crippen LogP contribution in [0.5, 0.6) is 0 Å². The number of likely N-dealkylation sites (tertiary alicyclic amines) is 1. The van der Waals surface area contributed by atoms with Gasteiger partial charge in [-0.25, -0.2) is 0 Å². The molecule has 11 nitrogen and oxygen atoms in total. The molecule has 1 aliphatic carbocycles. The van der Waals surface area contributed by atoms with Crippen LogP contribution in [0.4, 0.5) is 0 Å². The zero-order valence-corrected chi connectivity index (χ0v) is 23.2. The number of amidine groups is 1. The van der Waals surface area contributed by atoms with Gasteiger partial charge < -0.3 is 31.9 Å². The quantitative estimate of drug-likeness (QED) is 0.146. The summed E-state index contributed by atoms with van der Waals surface area (Å²) in [6.07, 6.45) is 6.69. The number of nitrogens with zero attached hydrogens (tertiary/aromatic N) is 2. The summed E-state index contributed by atoms with van der Waals surface area (Å²) in [6, 6.07) is 6.23. The van der Waals surface area contributed by atoms with Gasteiger partial charge in [-0.15, -0.1) is 0 Å². The number of guanidine groups is 1. The number of hydrogen-bond donors (Lipinski definition) is 6. The molecular weight excluding hydrogens is 496 g/mol. The first-order chi connectivity index (χ1) is 18.6. The Bertz CT molecular complexity index is 1030. The van der Waals surface area contributed by atoms with Crippen molar-refractivity contribution >= 4 is 29.5 Å². The second kappa shape index (κ2) is 14.0. The fourth-order valence-electron chi connectivity index (χ4n) is 5.51. The average molecular weight is 541 g/mol. The molecule has 1 aromatic rings. The minimum absolute atomic E-state index is 0.0206. The summed E-state index contributed by atoms with van der Waals surface area (Å²) in [7, 11) is 3.23. The predicted octanol–water partition coefficient (Wildman–Crippen LogP) is 1.00. The largest absolute Gasteiger partial charge is 0.384 e. The van der Waals surface area contributed by atoms with Crippen LogP contribution in [0.25, 0.3) is 0 Å². The van der Waals surface area contributed by atoms with E-state index in [0.717, 1.165) is 50.5 Å². The first kappa shape index (κ1) is 29.9. The Hall–Kier alpha value is -3.63. The van der Waals surface area contributed by atoms with E-state index in [4.69, 9.17) is 22.3 Å². The van der Waals surface area contributed by atoms with E-state index in [9.17, 15) is 14.4 Å². The summed E-state index contributed by atoms with van der Waals surface area (Å²) in [5.74, 6) is -1.64. The number of piperidine rings is 1. The maximum atomic E-state index is 13.6. The van der Waals surface area contributed by atoms with Crippen molar-refractivity contribution in [2.24, 2.45) is 29.2 Å². The molecular formula is C28H44N8O3. The van der Waals surface area contributed by atoms with Crippen LogP contribution in [0, 0.1) is 28.6 Å². The molecule has 214 valence electrons. The van der Waals surface area contributed by atoms with E-state index in [-0.39, 0.29) is 41.9 Å². The van der Waals surface area contributed by atoms with Gasteiger partial charge in [0.25, 0.3) is 0 Å². The Balaban J connectivity index is 1.70. The van der Waals surface area contributed by atoms with Gasteiger partial charge in [0, 0.05) is 39.3 Å². The lowest BCUT2D eigenvalue weighted by molar-refractivity contribution is -0.142. The standard InChI is InChI=1S/C28H44N8O3/c1-35(2)27(39)22(16-18-8-10-21(11-9-18)24(29)30)25(37)34-23(20-6-4-3-5-7-20)26(38)33-17-19-12-14-36(15-13-19)28(31)32/h8-11,19-20,22-23H,3-7,12-17H2,1-2H3,(H3,29,30)(H3,31,32)(H,33,38)(H,34,37)/t22-,23+/m1/s1. The molecule has 2 aliphatic rings. The number of nitrogens with two attached hydrogens (primary N) is 2. The monoisotopic (exact) mass is 540 g/mol. The van der Waals surface area contributed by atoms with Crippen molar-refractivity contribution in [3.8, 4) is 0 Å². The van der Waals surface area contributed by atoms with E-state index in [1.54, 1.807) is 38.4 Å². The molecule has 2 atom stereocenters. The van der Waals surface area contributed by atoms with E-state index >= 15 is 0 Å². The summed E-state index contributed by atoms with van der Waals surface area (Å²) in [5, 5.41) is 21.2. The molecule has 1 aromatic carbocycles. The van der Waals surface area contributed by atoms with Crippen LogP contribution in [0.1, 0.15) is 56.1 Å². The zero-order valence-electron chi connectivity index (χ0n) is 23.2. The smallest absolute Gasteiger partial charge is 0.242 e. The maximum Gasteiger partial charge on any atom is 0.242 e. The lowest BCUT2D eigenvalue weighted by Crippen LogP contribution is -2.55. The van der Waals surface area contributed by atoms with Crippen LogP contribution >= 0.6 is 0 Å². The number of nitrogen functional groups attached to an aromatic ring is 1. The van der Waals surface area contributed by atoms with Gasteiger partial charge >= 0.3 is 0 Å². The molecule has 0 spiro atoms. The summed E-state index contributed by atoms with van der Waals surface area (Å²) < 4.78 is 0. The Morgan fingerprint density at radius 2 is 1.59 bits per heavy atom. The molecule has 8 N–H and O–H groups in total. The van der Waals surface area contributed by atoms with Crippen LogP contribution in [-0.4, -0.2) is 79.1 Å². The van der Waals surface area contributed by atoms with E-state index in [0.29, 0.717) is 25.2 Å². The molecule has 3 amide bonds. The minimum Gasteiger partial charge on any atom is -0.384 e. The van der Waals surface area contributed by atoms with Gasteiger partial charge in [-0.1, -0.05) is 43.5 Å². The maximum absolute atomic E-state index is 13.6. The zero-order chi connectivity index (χ0) is 28.5. The number of carbonyl (C=O) groups excluding carboxylic acids is 3. The molecule has 0 aromatic heterocycles. The predicted molar refractivity (Wildman–Crippen MR) is 151 cm³/mol. The van der Waals surface area contributed by atoms with E-state index in [1.165, 1.54) is 4.90 Å². The van der Waals surface area contributed by atoms with Gasteiger partial charge in [0.1, 0.15) is 17.8 Å². The van der Waals surface area contributed by atoms with E-state index < -0.39 is 17.9 Å². The number of benzene rings is 1. The summed E-state index contributed by atoms with van der Waals surface area (Å²) in [5.41, 5.74) is 12.5. The average Bonchev–Trinajstić information content (AvgIpc) is 2.93. The highest BCUT2D eigenvalue weighted by Gasteiger charge is 2.36. The molecule has 0 unspecified atom stereocenters. The number of carbonyl (C=O) groups is 3. The van der Waals surface area contributed by atoms with Crippen molar-refractivity contribution < 1.29 is 14.4 Å². The molecule has 2 fully saturated rings. The molecule has 0 radical (unpaired) electrons. The van der Waals surface area contributed by atoms with Crippen molar-refractivity contribution in [1.29, 1.82) is 10.8 Å². The van der Waals surface area contributed by atoms with Crippen molar-refractivity contribution in [2.45, 2.75) is 57.4 Å². The Kier molecular flexibility index (Phi) is 10.7. The molecule has 0 bridgehead atoms. The first-order valence-corrected chi connectivity index (χ1v) is 13.9. The molecule has 11 heteroatoms. The Morgan fingerprint density at radius 3 is 2.13 bits per heavy atom. The second-order valence-corrected chi connectivity index (χ2v) is 11.0. The molecule has 3 rings (SSSR count). The fourth-order valence-corrected chi connectivity index (χ4v) is 5.51. The van der Waals surface area contributed by atoms with Crippen LogP contribution in [0.3, 0.4) is 0 Å². The lowest BCUT2D eigenvalue weighted by Gasteiger charge is -2.34. The normalized spacial score (nSPS) is 18.1. The molecule has 1 heterocycles. The number of nitrogens with one attached hydrogen (secondary N) is 4. The highest BCUT2D eigenvalue weighted by atomic mass is 16.2. The number of rotatable bonds is 10. The third-order valence-electron chi connectivity index (χ3n) is 7.98. The van der Waals surface area contributed by atoms with Gasteiger partial charge in [-0.05, 0) is 49.5 Å². The third kappa shape index (κ3) is 8.43. The van der Waals surface area contributed by atoms with Crippen molar-refractivity contribution in [1.82, 2.24) is 20.4 Å². The molecule has 39 heavy (non-hydrogen) atoms. The molecule has 1 aliphatic heterocycles. The highest BCUT2D eigenvalue weighted by Crippen LogP contribution is 2.27. The Morgan fingerprint density at radius 1 is 0.974 bits per heavy atom. The number of amides is 3. The van der Waals surface area contributed by atoms with Crippen molar-refractivity contribution in [3.05, 3.63) is 35.4 Å². The molecule has 1 saturated heterocycles. The Labute approximate surface area is 231 Å². The van der Waals surface area contributed by atoms with E-state index in [1.807, 2.05) is 4.90 Å². The topological polar surface area (TPSA) is 181 Å². The van der Waals surface area contributed by atoms with Crippen molar-refractivity contribution in [3.63, 3.8) is 0 Å². The first-order valence-electron chi connectivity index (χ1n) is 13.9. The van der Waals surface area contributed by atoms with Crippen molar-refractivity contribution in [2.75, 3.05) is 33.7 Å². The van der Waals surface area contributed by atoms with Crippen LogP contribution in [0.15, 0.2) is 24.3 Å². The second-order valence-electron chi connectivity index (χ2n) is 11.0. The van der Waals surface area contributed by atoms with Gasteiger partial charge in [0.15, 0.2) is 5.96 Å².